The lowest BCUT2D eigenvalue weighted by atomic mass is 10.2. The van der Waals surface area contributed by atoms with Gasteiger partial charge in [0.25, 0.3) is 0 Å². The van der Waals surface area contributed by atoms with E-state index in [1.54, 1.807) is 0 Å². The van der Waals surface area contributed by atoms with Crippen LogP contribution < -0.4 is 10.6 Å². The van der Waals surface area contributed by atoms with Crippen molar-refractivity contribution in [2.45, 2.75) is 39.7 Å². The zero-order valence-corrected chi connectivity index (χ0v) is 13.2. The number of ether oxygens (including phenoxy) is 1. The van der Waals surface area contributed by atoms with Crippen LogP contribution in [0.5, 0.6) is 0 Å². The lowest BCUT2D eigenvalue weighted by Crippen LogP contribution is -2.25. The SMILES string of the molecule is COC(=O)c1scc(C)c1NC(=O)CCCNC(C)C. The highest BCUT2D eigenvalue weighted by molar-refractivity contribution is 7.12. The molecule has 0 unspecified atom stereocenters. The Balaban J connectivity index is 2.53. The Bertz CT molecular complexity index is 469. The monoisotopic (exact) mass is 298 g/mol. The van der Waals surface area contributed by atoms with E-state index in [0.29, 0.717) is 23.0 Å². The van der Waals surface area contributed by atoms with Crippen LogP contribution in [0.25, 0.3) is 0 Å². The third-order valence-corrected chi connectivity index (χ3v) is 3.82. The summed E-state index contributed by atoms with van der Waals surface area (Å²) in [5.74, 6) is -0.498. The molecule has 0 radical (unpaired) electrons. The van der Waals surface area contributed by atoms with Crippen molar-refractivity contribution in [1.82, 2.24) is 5.32 Å². The maximum Gasteiger partial charge on any atom is 0.350 e. The molecule has 0 aliphatic heterocycles. The fraction of sp³-hybridized carbons (Fsp3) is 0.571. The molecule has 1 heterocycles. The molecule has 1 amide bonds. The number of amides is 1. The zero-order chi connectivity index (χ0) is 15.1. The Morgan fingerprint density at radius 1 is 1.40 bits per heavy atom. The summed E-state index contributed by atoms with van der Waals surface area (Å²) >= 11 is 1.28. The number of esters is 1. The minimum atomic E-state index is -0.417. The Morgan fingerprint density at radius 2 is 2.10 bits per heavy atom. The molecule has 0 aliphatic rings. The number of aryl methyl sites for hydroxylation is 1. The van der Waals surface area contributed by atoms with Crippen LogP contribution in [0.4, 0.5) is 5.69 Å². The van der Waals surface area contributed by atoms with E-state index >= 15 is 0 Å². The summed E-state index contributed by atoms with van der Waals surface area (Å²) < 4.78 is 4.71. The van der Waals surface area contributed by atoms with Gasteiger partial charge in [0.2, 0.25) is 5.91 Å². The predicted octanol–water partition coefficient (Wildman–Crippen LogP) is 2.56. The van der Waals surface area contributed by atoms with Gasteiger partial charge in [0.05, 0.1) is 12.8 Å². The van der Waals surface area contributed by atoms with Crippen molar-refractivity contribution in [2.24, 2.45) is 0 Å². The first kappa shape index (κ1) is 16.7. The number of carbonyl (C=O) groups is 2. The number of nitrogens with one attached hydrogen (secondary N) is 2. The summed E-state index contributed by atoms with van der Waals surface area (Å²) in [6, 6.07) is 0.420. The standard InChI is InChI=1S/C14H22N2O3S/c1-9(2)15-7-5-6-11(17)16-12-10(3)8-20-13(12)14(18)19-4/h8-9,15H,5-7H2,1-4H3,(H,16,17). The van der Waals surface area contributed by atoms with Crippen LogP contribution >= 0.6 is 11.3 Å². The molecule has 20 heavy (non-hydrogen) atoms. The summed E-state index contributed by atoms with van der Waals surface area (Å²) in [5.41, 5.74) is 1.45. The molecule has 0 fully saturated rings. The quantitative estimate of drug-likeness (QED) is 0.599. The van der Waals surface area contributed by atoms with Crippen LogP contribution in [0.2, 0.25) is 0 Å². The molecular formula is C14H22N2O3S. The molecule has 1 aromatic heterocycles. The van der Waals surface area contributed by atoms with Crippen LogP contribution in [0.15, 0.2) is 5.38 Å². The third-order valence-electron chi connectivity index (χ3n) is 2.74. The van der Waals surface area contributed by atoms with Crippen molar-refractivity contribution in [1.29, 1.82) is 0 Å². The predicted molar refractivity (Wildman–Crippen MR) is 81.4 cm³/mol. The molecule has 0 aromatic carbocycles. The van der Waals surface area contributed by atoms with Gasteiger partial charge in [-0.2, -0.15) is 0 Å². The van der Waals surface area contributed by atoms with E-state index in [0.717, 1.165) is 18.5 Å². The molecule has 1 aromatic rings. The Kier molecular flexibility index (Phi) is 6.67. The number of methoxy groups -OCH3 is 1. The van der Waals surface area contributed by atoms with Crippen molar-refractivity contribution < 1.29 is 14.3 Å². The van der Waals surface area contributed by atoms with E-state index in [4.69, 9.17) is 4.74 Å². The van der Waals surface area contributed by atoms with Crippen molar-refractivity contribution in [3.8, 4) is 0 Å². The van der Waals surface area contributed by atoms with Gasteiger partial charge < -0.3 is 15.4 Å². The van der Waals surface area contributed by atoms with E-state index in [1.165, 1.54) is 18.4 Å². The molecular weight excluding hydrogens is 276 g/mol. The van der Waals surface area contributed by atoms with Gasteiger partial charge in [-0.3, -0.25) is 4.79 Å². The summed E-state index contributed by atoms with van der Waals surface area (Å²) in [7, 11) is 1.33. The second-order valence-electron chi connectivity index (χ2n) is 4.87. The van der Waals surface area contributed by atoms with E-state index in [2.05, 4.69) is 24.5 Å². The van der Waals surface area contributed by atoms with Crippen LogP contribution in [0.3, 0.4) is 0 Å². The number of rotatable bonds is 7. The highest BCUT2D eigenvalue weighted by Gasteiger charge is 2.18. The summed E-state index contributed by atoms with van der Waals surface area (Å²) in [6.07, 6.45) is 1.19. The van der Waals surface area contributed by atoms with Gasteiger partial charge in [0, 0.05) is 12.5 Å². The Morgan fingerprint density at radius 3 is 2.70 bits per heavy atom. The molecule has 0 atom stereocenters. The number of thiophene rings is 1. The normalized spacial score (nSPS) is 10.7. The zero-order valence-electron chi connectivity index (χ0n) is 12.4. The minimum Gasteiger partial charge on any atom is -0.465 e. The van der Waals surface area contributed by atoms with Gasteiger partial charge in [0.1, 0.15) is 4.88 Å². The molecule has 0 saturated carbocycles. The van der Waals surface area contributed by atoms with Gasteiger partial charge in [-0.15, -0.1) is 11.3 Å². The van der Waals surface area contributed by atoms with E-state index in [1.807, 2.05) is 12.3 Å². The first-order chi connectivity index (χ1) is 9.45. The van der Waals surface area contributed by atoms with Gasteiger partial charge in [0.15, 0.2) is 0 Å². The largest absolute Gasteiger partial charge is 0.465 e. The Labute approximate surface area is 123 Å². The van der Waals surface area contributed by atoms with Crippen LogP contribution in [-0.4, -0.2) is 31.6 Å². The highest BCUT2D eigenvalue weighted by Crippen LogP contribution is 2.28. The molecule has 0 bridgehead atoms. The number of carbonyl (C=O) groups excluding carboxylic acids is 2. The average Bonchev–Trinajstić information content (AvgIpc) is 2.75. The van der Waals surface area contributed by atoms with Gasteiger partial charge >= 0.3 is 5.97 Å². The van der Waals surface area contributed by atoms with Crippen molar-refractivity contribution >= 4 is 28.9 Å². The van der Waals surface area contributed by atoms with Crippen molar-refractivity contribution in [3.63, 3.8) is 0 Å². The molecule has 6 heteroatoms. The van der Waals surface area contributed by atoms with E-state index in [9.17, 15) is 9.59 Å². The molecule has 0 saturated heterocycles. The average molecular weight is 298 g/mol. The second kappa shape index (κ2) is 8.01. The lowest BCUT2D eigenvalue weighted by Gasteiger charge is -2.09. The molecule has 112 valence electrons. The minimum absolute atomic E-state index is 0.0813. The van der Waals surface area contributed by atoms with Crippen LogP contribution in [0.1, 0.15) is 41.9 Å². The van der Waals surface area contributed by atoms with Gasteiger partial charge in [-0.05, 0) is 30.8 Å². The first-order valence-electron chi connectivity index (χ1n) is 6.65. The molecule has 5 nitrogen and oxygen atoms in total. The fourth-order valence-corrected chi connectivity index (χ4v) is 2.61. The van der Waals surface area contributed by atoms with E-state index < -0.39 is 5.97 Å². The fourth-order valence-electron chi connectivity index (χ4n) is 1.68. The maximum absolute atomic E-state index is 11.9. The van der Waals surface area contributed by atoms with Gasteiger partial charge in [-0.25, -0.2) is 4.79 Å². The number of hydrogen-bond acceptors (Lipinski definition) is 5. The first-order valence-corrected chi connectivity index (χ1v) is 7.53. The summed E-state index contributed by atoms with van der Waals surface area (Å²) in [5, 5.41) is 7.90. The molecule has 0 spiro atoms. The molecule has 1 rings (SSSR count). The topological polar surface area (TPSA) is 67.4 Å². The summed E-state index contributed by atoms with van der Waals surface area (Å²) in [6.45, 7) is 6.80. The number of anilines is 1. The van der Waals surface area contributed by atoms with E-state index in [-0.39, 0.29) is 5.91 Å². The number of hydrogen-bond donors (Lipinski definition) is 2. The lowest BCUT2D eigenvalue weighted by molar-refractivity contribution is -0.116. The Hall–Kier alpha value is -1.40. The third kappa shape index (κ3) is 4.94. The highest BCUT2D eigenvalue weighted by atomic mass is 32.1. The molecule has 2 N–H and O–H groups in total. The van der Waals surface area contributed by atoms with Crippen molar-refractivity contribution in [3.05, 3.63) is 15.8 Å². The smallest absolute Gasteiger partial charge is 0.350 e. The second-order valence-corrected chi connectivity index (χ2v) is 5.75. The summed E-state index contributed by atoms with van der Waals surface area (Å²) in [4.78, 5) is 23.9. The maximum atomic E-state index is 11.9. The van der Waals surface area contributed by atoms with Crippen LogP contribution in [-0.2, 0) is 9.53 Å². The molecule has 0 aliphatic carbocycles. The van der Waals surface area contributed by atoms with Crippen LogP contribution in [0, 0.1) is 6.92 Å². The van der Waals surface area contributed by atoms with Crippen molar-refractivity contribution in [2.75, 3.05) is 19.0 Å². The van der Waals surface area contributed by atoms with Gasteiger partial charge in [-0.1, -0.05) is 13.8 Å².